The highest BCUT2D eigenvalue weighted by Crippen LogP contribution is 2.37. The first-order valence-electron chi connectivity index (χ1n) is 8.34. The van der Waals surface area contributed by atoms with Crippen molar-refractivity contribution in [3.63, 3.8) is 0 Å². The monoisotopic (exact) mass is 397 g/mol. The van der Waals surface area contributed by atoms with Crippen LogP contribution in [0.25, 0.3) is 5.78 Å². The van der Waals surface area contributed by atoms with Gasteiger partial charge >= 0.3 is 6.36 Å². The van der Waals surface area contributed by atoms with Crippen LogP contribution in [-0.2, 0) is 4.74 Å². The highest BCUT2D eigenvalue weighted by molar-refractivity contribution is 5.43. The summed E-state index contributed by atoms with van der Waals surface area (Å²) in [5, 5.41) is 4.37. The number of halogens is 4. The quantitative estimate of drug-likeness (QED) is 0.682. The SMILES string of the molecule is Cc1cc(N)n2nc([C@H](c3ccc(OC(F)(F)F)c(F)c3)C3COC3)nc2n1. The van der Waals surface area contributed by atoms with E-state index in [-0.39, 0.29) is 11.7 Å². The largest absolute Gasteiger partial charge is 0.573 e. The third kappa shape index (κ3) is 3.44. The van der Waals surface area contributed by atoms with Crippen LogP contribution in [0.3, 0.4) is 0 Å². The van der Waals surface area contributed by atoms with Crippen molar-refractivity contribution in [3.05, 3.63) is 47.2 Å². The fraction of sp³-hybridized carbons (Fsp3) is 0.353. The molecule has 0 bridgehead atoms. The molecule has 4 rings (SSSR count). The van der Waals surface area contributed by atoms with E-state index in [1.165, 1.54) is 10.6 Å². The van der Waals surface area contributed by atoms with Crippen LogP contribution in [0, 0.1) is 18.7 Å². The van der Waals surface area contributed by atoms with Gasteiger partial charge in [-0.3, -0.25) is 0 Å². The van der Waals surface area contributed by atoms with Crippen LogP contribution in [0.2, 0.25) is 0 Å². The van der Waals surface area contributed by atoms with Gasteiger partial charge in [0.15, 0.2) is 17.4 Å². The number of benzene rings is 1. The second kappa shape index (κ2) is 6.59. The lowest BCUT2D eigenvalue weighted by Crippen LogP contribution is -2.34. The second-order valence-electron chi connectivity index (χ2n) is 6.52. The van der Waals surface area contributed by atoms with Crippen molar-refractivity contribution in [2.24, 2.45) is 5.92 Å². The van der Waals surface area contributed by atoms with E-state index in [0.717, 1.165) is 12.1 Å². The zero-order valence-corrected chi connectivity index (χ0v) is 14.6. The van der Waals surface area contributed by atoms with Gasteiger partial charge in [-0.1, -0.05) is 6.07 Å². The molecule has 1 fully saturated rings. The predicted molar refractivity (Wildman–Crippen MR) is 89.2 cm³/mol. The first kappa shape index (κ1) is 18.4. The van der Waals surface area contributed by atoms with Crippen LogP contribution in [0.5, 0.6) is 5.75 Å². The number of nitrogens with two attached hydrogens (primary N) is 1. The zero-order chi connectivity index (χ0) is 20.1. The van der Waals surface area contributed by atoms with Gasteiger partial charge in [-0.15, -0.1) is 18.3 Å². The highest BCUT2D eigenvalue weighted by Gasteiger charge is 2.36. The second-order valence-corrected chi connectivity index (χ2v) is 6.52. The summed E-state index contributed by atoms with van der Waals surface area (Å²) >= 11 is 0. The minimum atomic E-state index is -4.98. The van der Waals surface area contributed by atoms with Gasteiger partial charge < -0.3 is 15.2 Å². The van der Waals surface area contributed by atoms with Crippen LogP contribution >= 0.6 is 0 Å². The third-order valence-corrected chi connectivity index (χ3v) is 4.44. The van der Waals surface area contributed by atoms with Crippen molar-refractivity contribution in [3.8, 4) is 5.75 Å². The topological polar surface area (TPSA) is 87.6 Å². The number of nitrogen functional groups attached to an aromatic ring is 1. The Morgan fingerprint density at radius 1 is 1.25 bits per heavy atom. The van der Waals surface area contributed by atoms with Gasteiger partial charge in [0.2, 0.25) is 0 Å². The van der Waals surface area contributed by atoms with Crippen molar-refractivity contribution < 1.29 is 27.0 Å². The summed E-state index contributed by atoms with van der Waals surface area (Å²) in [7, 11) is 0. The number of hydrogen-bond donors (Lipinski definition) is 1. The van der Waals surface area contributed by atoms with E-state index in [4.69, 9.17) is 10.5 Å². The van der Waals surface area contributed by atoms with Crippen molar-refractivity contribution in [2.75, 3.05) is 18.9 Å². The lowest BCUT2D eigenvalue weighted by molar-refractivity contribution is -0.275. The molecule has 1 aliphatic heterocycles. The molecule has 0 amide bonds. The first-order valence-corrected chi connectivity index (χ1v) is 8.34. The average molecular weight is 397 g/mol. The Bertz CT molecular complexity index is 1030. The molecule has 1 saturated heterocycles. The number of rotatable bonds is 4. The maximum atomic E-state index is 14.2. The Morgan fingerprint density at radius 3 is 2.61 bits per heavy atom. The van der Waals surface area contributed by atoms with Gasteiger partial charge in [-0.2, -0.15) is 9.50 Å². The predicted octanol–water partition coefficient (Wildman–Crippen LogP) is 2.83. The fourth-order valence-electron chi connectivity index (χ4n) is 3.16. The van der Waals surface area contributed by atoms with Crippen molar-refractivity contribution in [2.45, 2.75) is 19.2 Å². The fourth-order valence-corrected chi connectivity index (χ4v) is 3.16. The number of anilines is 1. The summed E-state index contributed by atoms with van der Waals surface area (Å²) in [5.41, 5.74) is 7.02. The van der Waals surface area contributed by atoms with Gasteiger partial charge in [-0.05, 0) is 24.6 Å². The molecule has 0 radical (unpaired) electrons. The lowest BCUT2D eigenvalue weighted by atomic mass is 9.84. The summed E-state index contributed by atoms with van der Waals surface area (Å²) < 4.78 is 61.6. The number of nitrogens with zero attached hydrogens (tertiary/aromatic N) is 4. The third-order valence-electron chi connectivity index (χ3n) is 4.44. The van der Waals surface area contributed by atoms with E-state index >= 15 is 0 Å². The molecular weight excluding hydrogens is 382 g/mol. The molecule has 11 heteroatoms. The molecule has 2 aromatic heterocycles. The van der Waals surface area contributed by atoms with E-state index in [1.807, 2.05) is 0 Å². The van der Waals surface area contributed by atoms with E-state index in [9.17, 15) is 17.6 Å². The number of aromatic nitrogens is 4. The van der Waals surface area contributed by atoms with Crippen LogP contribution in [-0.4, -0.2) is 39.2 Å². The Balaban J connectivity index is 1.75. The van der Waals surface area contributed by atoms with Crippen molar-refractivity contribution in [1.82, 2.24) is 19.6 Å². The molecule has 7 nitrogen and oxygen atoms in total. The molecule has 0 aliphatic carbocycles. The minimum Gasteiger partial charge on any atom is -0.403 e. The Labute approximate surface area is 156 Å². The molecule has 148 valence electrons. The molecule has 0 saturated carbocycles. The lowest BCUT2D eigenvalue weighted by Gasteiger charge is -2.32. The van der Waals surface area contributed by atoms with Gasteiger partial charge in [0, 0.05) is 17.7 Å². The molecule has 2 N–H and O–H groups in total. The summed E-state index contributed by atoms with van der Waals surface area (Å²) in [6.07, 6.45) is -4.98. The maximum absolute atomic E-state index is 14.2. The molecule has 3 aromatic rings. The Morgan fingerprint density at radius 2 is 2.00 bits per heavy atom. The van der Waals surface area contributed by atoms with Gasteiger partial charge in [0.25, 0.3) is 5.78 Å². The minimum absolute atomic E-state index is 0.0616. The molecule has 3 heterocycles. The van der Waals surface area contributed by atoms with Gasteiger partial charge in [0.05, 0.1) is 19.1 Å². The number of fused-ring (bicyclic) bond motifs is 1. The number of aryl methyl sites for hydroxylation is 1. The van der Waals surface area contributed by atoms with Crippen molar-refractivity contribution in [1.29, 1.82) is 0 Å². The van der Waals surface area contributed by atoms with Crippen LogP contribution in [0.1, 0.15) is 23.0 Å². The summed E-state index contributed by atoms with van der Waals surface area (Å²) in [5.74, 6) is -1.62. The number of alkyl halides is 3. The van der Waals surface area contributed by atoms with E-state index in [2.05, 4.69) is 19.8 Å². The summed E-state index contributed by atoms with van der Waals surface area (Å²) in [4.78, 5) is 8.66. The molecular formula is C17H15F4N5O2. The van der Waals surface area contributed by atoms with Gasteiger partial charge in [-0.25, -0.2) is 9.37 Å². The maximum Gasteiger partial charge on any atom is 0.573 e. The molecule has 1 aromatic carbocycles. The Hall–Kier alpha value is -2.95. The number of hydrogen-bond acceptors (Lipinski definition) is 6. The standard InChI is InChI=1S/C17H15F4N5O2/c1-8-4-13(22)26-16(23-8)24-15(25-26)14(10-6-27-7-10)9-2-3-12(11(18)5-9)28-17(19,20)21/h2-5,10,14H,6-7,22H2,1H3/t14-/m1/s1. The zero-order valence-electron chi connectivity index (χ0n) is 14.6. The van der Waals surface area contributed by atoms with Crippen LogP contribution < -0.4 is 10.5 Å². The van der Waals surface area contributed by atoms with Crippen molar-refractivity contribution >= 4 is 11.6 Å². The Kier molecular flexibility index (Phi) is 4.33. The van der Waals surface area contributed by atoms with Gasteiger partial charge in [0.1, 0.15) is 5.82 Å². The first-order chi connectivity index (χ1) is 13.2. The summed E-state index contributed by atoms with van der Waals surface area (Å²) in [6, 6.07) is 4.94. The highest BCUT2D eigenvalue weighted by atomic mass is 19.4. The molecule has 1 aliphatic rings. The van der Waals surface area contributed by atoms with E-state index in [1.54, 1.807) is 13.0 Å². The molecule has 0 spiro atoms. The molecule has 28 heavy (non-hydrogen) atoms. The van der Waals surface area contributed by atoms with Crippen LogP contribution in [0.4, 0.5) is 23.4 Å². The normalized spacial score (nSPS) is 16.2. The van der Waals surface area contributed by atoms with E-state index < -0.39 is 23.8 Å². The smallest absolute Gasteiger partial charge is 0.403 e. The molecule has 1 atom stereocenters. The van der Waals surface area contributed by atoms with E-state index in [0.29, 0.717) is 36.1 Å². The summed E-state index contributed by atoms with van der Waals surface area (Å²) in [6.45, 7) is 2.55. The molecule has 0 unspecified atom stereocenters. The van der Waals surface area contributed by atoms with Crippen LogP contribution in [0.15, 0.2) is 24.3 Å². The average Bonchev–Trinajstić information content (AvgIpc) is 2.95. The number of ether oxygens (including phenoxy) is 2.